The molecule has 0 saturated carbocycles. The van der Waals surface area contributed by atoms with Gasteiger partial charge in [-0.2, -0.15) is 0 Å². The fourth-order valence-electron chi connectivity index (χ4n) is 4.47. The molecule has 1 aliphatic heterocycles. The number of hydrogen-bond donors (Lipinski definition) is 1. The van der Waals surface area contributed by atoms with Crippen molar-refractivity contribution in [1.82, 2.24) is 29.9 Å². The zero-order valence-electron chi connectivity index (χ0n) is 19.6. The van der Waals surface area contributed by atoms with Crippen LogP contribution in [0, 0.1) is 0 Å². The standard InChI is InChI=1S/C25H26N6O4/c1-34-18-10-11-19(20(13-18)35-2)25(33)30-12-6-9-17(15-30)22-26-23-21(24(32)27-22)28-29-31(23)14-16-7-4-3-5-8-16/h3-5,7-8,10-11,13,17H,6,9,12,14-15H2,1-2H3,(H,26,27,32)/t17-/m0/s1. The first kappa shape index (κ1) is 22.6. The number of methoxy groups -OCH3 is 2. The number of ether oxygens (including phenoxy) is 2. The molecule has 0 radical (unpaired) electrons. The molecule has 0 spiro atoms. The normalized spacial score (nSPS) is 15.8. The number of hydrogen-bond acceptors (Lipinski definition) is 7. The van der Waals surface area contributed by atoms with Crippen LogP contribution in [0.15, 0.2) is 53.3 Å². The van der Waals surface area contributed by atoms with Crippen LogP contribution in [0.4, 0.5) is 0 Å². The van der Waals surface area contributed by atoms with E-state index in [2.05, 4.69) is 15.3 Å². The van der Waals surface area contributed by atoms with E-state index in [0.717, 1.165) is 18.4 Å². The summed E-state index contributed by atoms with van der Waals surface area (Å²) in [6.07, 6.45) is 1.59. The summed E-state index contributed by atoms with van der Waals surface area (Å²) in [5, 5.41) is 8.18. The summed E-state index contributed by atoms with van der Waals surface area (Å²) in [4.78, 5) is 35.5. The second kappa shape index (κ2) is 9.57. The average molecular weight is 475 g/mol. The summed E-state index contributed by atoms with van der Waals surface area (Å²) >= 11 is 0. The molecule has 5 rings (SSSR count). The molecule has 1 aliphatic rings. The predicted octanol–water partition coefficient (Wildman–Crippen LogP) is 2.60. The van der Waals surface area contributed by atoms with Crippen molar-refractivity contribution in [2.45, 2.75) is 25.3 Å². The number of nitrogens with zero attached hydrogens (tertiary/aromatic N) is 5. The third kappa shape index (κ3) is 4.46. The number of aromatic amines is 1. The minimum atomic E-state index is -0.329. The van der Waals surface area contributed by atoms with Crippen LogP contribution in [-0.2, 0) is 6.54 Å². The SMILES string of the molecule is COc1ccc(C(=O)N2CCC[C@H](c3nc4c(nnn4Cc4ccccc4)c(=O)[nH]3)C2)c(OC)c1. The molecule has 4 aromatic rings. The molecule has 0 aliphatic carbocycles. The highest BCUT2D eigenvalue weighted by Crippen LogP contribution is 2.30. The molecule has 35 heavy (non-hydrogen) atoms. The van der Waals surface area contributed by atoms with Gasteiger partial charge in [0.25, 0.3) is 11.5 Å². The van der Waals surface area contributed by atoms with E-state index in [4.69, 9.17) is 14.5 Å². The third-order valence-electron chi connectivity index (χ3n) is 6.30. The van der Waals surface area contributed by atoms with Gasteiger partial charge in [-0.05, 0) is 30.5 Å². The smallest absolute Gasteiger partial charge is 0.281 e. The van der Waals surface area contributed by atoms with Gasteiger partial charge in [0.15, 0.2) is 11.2 Å². The van der Waals surface area contributed by atoms with Crippen LogP contribution in [0.25, 0.3) is 11.2 Å². The van der Waals surface area contributed by atoms with Crippen molar-refractivity contribution in [3.05, 3.63) is 75.8 Å². The van der Waals surface area contributed by atoms with Crippen LogP contribution >= 0.6 is 0 Å². The lowest BCUT2D eigenvalue weighted by Crippen LogP contribution is -2.40. The molecular formula is C25H26N6O4. The fraction of sp³-hybridized carbons (Fsp3) is 0.320. The summed E-state index contributed by atoms with van der Waals surface area (Å²) in [6.45, 7) is 1.51. The van der Waals surface area contributed by atoms with Crippen LogP contribution in [0.3, 0.4) is 0 Å². The number of piperidine rings is 1. The quantitative estimate of drug-likeness (QED) is 0.457. The second-order valence-corrected chi connectivity index (χ2v) is 8.51. The van der Waals surface area contributed by atoms with Gasteiger partial charge in [-0.3, -0.25) is 9.59 Å². The third-order valence-corrected chi connectivity index (χ3v) is 6.30. The Morgan fingerprint density at radius 3 is 2.74 bits per heavy atom. The topological polar surface area (TPSA) is 115 Å². The molecule has 1 N–H and O–H groups in total. The molecular weight excluding hydrogens is 448 g/mol. The summed E-state index contributed by atoms with van der Waals surface area (Å²) in [6, 6.07) is 15.0. The maximum absolute atomic E-state index is 13.3. The summed E-state index contributed by atoms with van der Waals surface area (Å²) in [5.74, 6) is 1.37. The van der Waals surface area contributed by atoms with E-state index in [0.29, 0.717) is 48.2 Å². The van der Waals surface area contributed by atoms with E-state index < -0.39 is 0 Å². The Balaban J connectivity index is 1.42. The number of rotatable bonds is 6. The number of fused-ring (bicyclic) bond motifs is 1. The molecule has 0 unspecified atom stereocenters. The fourth-order valence-corrected chi connectivity index (χ4v) is 4.47. The lowest BCUT2D eigenvalue weighted by Gasteiger charge is -2.32. The van der Waals surface area contributed by atoms with Gasteiger partial charge in [0.1, 0.15) is 17.3 Å². The summed E-state index contributed by atoms with van der Waals surface area (Å²) < 4.78 is 12.3. The van der Waals surface area contributed by atoms with Crippen molar-refractivity contribution in [3.8, 4) is 11.5 Å². The van der Waals surface area contributed by atoms with E-state index >= 15 is 0 Å². The number of benzene rings is 2. The van der Waals surface area contributed by atoms with Crippen molar-refractivity contribution in [2.75, 3.05) is 27.3 Å². The molecule has 0 bridgehead atoms. The second-order valence-electron chi connectivity index (χ2n) is 8.51. The van der Waals surface area contributed by atoms with Gasteiger partial charge in [0.05, 0.1) is 26.3 Å². The maximum atomic E-state index is 13.3. The number of carbonyl (C=O) groups is 1. The molecule has 1 amide bonds. The van der Waals surface area contributed by atoms with Crippen LogP contribution in [0.2, 0.25) is 0 Å². The lowest BCUT2D eigenvalue weighted by atomic mass is 9.96. The average Bonchev–Trinajstić information content (AvgIpc) is 3.31. The van der Waals surface area contributed by atoms with Crippen molar-refractivity contribution < 1.29 is 14.3 Å². The van der Waals surface area contributed by atoms with Crippen LogP contribution < -0.4 is 15.0 Å². The Bertz CT molecular complexity index is 1410. The minimum absolute atomic E-state index is 0.117. The van der Waals surface area contributed by atoms with Crippen molar-refractivity contribution in [1.29, 1.82) is 0 Å². The zero-order chi connectivity index (χ0) is 24.4. The highest BCUT2D eigenvalue weighted by molar-refractivity contribution is 5.97. The maximum Gasteiger partial charge on any atom is 0.281 e. The molecule has 1 atom stereocenters. The van der Waals surface area contributed by atoms with Gasteiger partial charge in [0.2, 0.25) is 0 Å². The van der Waals surface area contributed by atoms with Crippen molar-refractivity contribution in [3.63, 3.8) is 0 Å². The lowest BCUT2D eigenvalue weighted by molar-refractivity contribution is 0.0701. The summed E-state index contributed by atoms with van der Waals surface area (Å²) in [5.41, 5.74) is 1.82. The predicted molar refractivity (Wildman–Crippen MR) is 129 cm³/mol. The van der Waals surface area contributed by atoms with Gasteiger partial charge in [0, 0.05) is 25.1 Å². The molecule has 2 aromatic heterocycles. The highest BCUT2D eigenvalue weighted by Gasteiger charge is 2.29. The molecule has 3 heterocycles. The number of carbonyl (C=O) groups excluding carboxylic acids is 1. The van der Waals surface area contributed by atoms with Crippen LogP contribution in [-0.4, -0.2) is 63.1 Å². The van der Waals surface area contributed by atoms with Crippen molar-refractivity contribution in [2.24, 2.45) is 0 Å². The van der Waals surface area contributed by atoms with E-state index in [9.17, 15) is 9.59 Å². The van der Waals surface area contributed by atoms with Gasteiger partial charge < -0.3 is 19.4 Å². The van der Waals surface area contributed by atoms with Crippen molar-refractivity contribution >= 4 is 17.1 Å². The van der Waals surface area contributed by atoms with Gasteiger partial charge in [-0.1, -0.05) is 35.5 Å². The number of aromatic nitrogens is 5. The largest absolute Gasteiger partial charge is 0.497 e. The molecule has 1 fully saturated rings. The number of amides is 1. The van der Waals surface area contributed by atoms with E-state index in [-0.39, 0.29) is 22.9 Å². The number of H-pyrrole nitrogens is 1. The molecule has 10 heteroatoms. The Labute approximate surface area is 201 Å². The monoisotopic (exact) mass is 474 g/mol. The highest BCUT2D eigenvalue weighted by atomic mass is 16.5. The number of nitrogens with one attached hydrogen (secondary N) is 1. The van der Waals surface area contributed by atoms with Gasteiger partial charge in [-0.15, -0.1) is 5.10 Å². The molecule has 10 nitrogen and oxygen atoms in total. The Morgan fingerprint density at radius 2 is 1.97 bits per heavy atom. The Hall–Kier alpha value is -4.21. The number of likely N-dealkylation sites (tertiary alicyclic amines) is 1. The molecule has 2 aromatic carbocycles. The zero-order valence-corrected chi connectivity index (χ0v) is 19.6. The first-order valence-corrected chi connectivity index (χ1v) is 11.5. The van der Waals surface area contributed by atoms with E-state index in [1.807, 2.05) is 30.3 Å². The van der Waals surface area contributed by atoms with E-state index in [1.165, 1.54) is 7.11 Å². The first-order valence-electron chi connectivity index (χ1n) is 11.5. The molecule has 180 valence electrons. The van der Waals surface area contributed by atoms with Crippen LogP contribution in [0.5, 0.6) is 11.5 Å². The van der Waals surface area contributed by atoms with E-state index in [1.54, 1.807) is 34.9 Å². The Kier molecular flexibility index (Phi) is 6.17. The van der Waals surface area contributed by atoms with Crippen LogP contribution in [0.1, 0.15) is 40.5 Å². The summed E-state index contributed by atoms with van der Waals surface area (Å²) in [7, 11) is 3.10. The minimum Gasteiger partial charge on any atom is -0.497 e. The van der Waals surface area contributed by atoms with Gasteiger partial charge in [-0.25, -0.2) is 9.67 Å². The first-order chi connectivity index (χ1) is 17.1. The Morgan fingerprint density at radius 1 is 1.14 bits per heavy atom. The molecule has 1 saturated heterocycles. The van der Waals surface area contributed by atoms with Gasteiger partial charge >= 0.3 is 0 Å².